The molecule has 2 rings (SSSR count). The standard InChI is InChI=1S/C18H21NO6S/c1-9-5-13(24-3)16-10(2)11(18(23)25-14(16)6-9)7-15(20)19-12(8-26-4)17(21)22/h5-6,12H,7-8H2,1-4H3,(H,19,20)(H,21,22). The van der Waals surface area contributed by atoms with Gasteiger partial charge in [-0.3, -0.25) is 4.79 Å². The van der Waals surface area contributed by atoms with Crippen molar-refractivity contribution < 1.29 is 23.8 Å². The van der Waals surface area contributed by atoms with Gasteiger partial charge >= 0.3 is 11.6 Å². The molecule has 1 unspecified atom stereocenters. The van der Waals surface area contributed by atoms with Gasteiger partial charge in [0, 0.05) is 5.75 Å². The molecular weight excluding hydrogens is 358 g/mol. The lowest BCUT2D eigenvalue weighted by Gasteiger charge is -2.15. The van der Waals surface area contributed by atoms with E-state index >= 15 is 0 Å². The highest BCUT2D eigenvalue weighted by Crippen LogP contribution is 2.30. The summed E-state index contributed by atoms with van der Waals surface area (Å²) in [6, 6.07) is 2.54. The average Bonchev–Trinajstić information content (AvgIpc) is 2.56. The highest BCUT2D eigenvalue weighted by atomic mass is 32.2. The first-order valence-electron chi connectivity index (χ1n) is 7.90. The van der Waals surface area contributed by atoms with E-state index in [0.29, 0.717) is 22.3 Å². The largest absolute Gasteiger partial charge is 0.496 e. The minimum absolute atomic E-state index is 0.186. The lowest BCUT2D eigenvalue weighted by molar-refractivity contribution is -0.141. The summed E-state index contributed by atoms with van der Waals surface area (Å²) in [7, 11) is 1.52. The van der Waals surface area contributed by atoms with Crippen LogP contribution in [-0.2, 0) is 16.0 Å². The summed E-state index contributed by atoms with van der Waals surface area (Å²) >= 11 is 1.31. The normalized spacial score (nSPS) is 12.0. The fraction of sp³-hybridized carbons (Fsp3) is 0.389. The molecule has 0 aliphatic heterocycles. The van der Waals surface area contributed by atoms with Crippen molar-refractivity contribution in [3.63, 3.8) is 0 Å². The molecule has 2 N–H and O–H groups in total. The van der Waals surface area contributed by atoms with E-state index in [1.165, 1.54) is 18.9 Å². The Labute approximate surface area is 154 Å². The zero-order chi connectivity index (χ0) is 19.4. The maximum atomic E-state index is 12.3. The molecule has 0 aliphatic rings. The van der Waals surface area contributed by atoms with Crippen LogP contribution in [0.25, 0.3) is 11.0 Å². The number of rotatable bonds is 7. The first kappa shape index (κ1) is 19.8. The van der Waals surface area contributed by atoms with Crippen molar-refractivity contribution in [1.82, 2.24) is 5.32 Å². The predicted molar refractivity (Wildman–Crippen MR) is 100 cm³/mol. The fourth-order valence-electron chi connectivity index (χ4n) is 2.75. The maximum Gasteiger partial charge on any atom is 0.340 e. The number of methoxy groups -OCH3 is 1. The molecule has 26 heavy (non-hydrogen) atoms. The fourth-order valence-corrected chi connectivity index (χ4v) is 3.31. The second-order valence-electron chi connectivity index (χ2n) is 5.92. The number of carbonyl (C=O) groups excluding carboxylic acids is 1. The molecule has 0 aliphatic carbocycles. The van der Waals surface area contributed by atoms with Gasteiger partial charge in [0.2, 0.25) is 5.91 Å². The topological polar surface area (TPSA) is 106 Å². The Morgan fingerprint density at radius 1 is 1.35 bits per heavy atom. The molecule has 7 nitrogen and oxygen atoms in total. The van der Waals surface area contributed by atoms with E-state index < -0.39 is 23.5 Å². The molecule has 1 heterocycles. The van der Waals surface area contributed by atoms with Gasteiger partial charge in [-0.05, 0) is 43.4 Å². The van der Waals surface area contributed by atoms with E-state index in [0.717, 1.165) is 5.56 Å². The van der Waals surface area contributed by atoms with E-state index in [-0.39, 0.29) is 17.7 Å². The Balaban J connectivity index is 2.41. The predicted octanol–water partition coefficient (Wildman–Crippen LogP) is 1.89. The third-order valence-corrected chi connectivity index (χ3v) is 4.68. The molecule has 0 saturated heterocycles. The van der Waals surface area contributed by atoms with Crippen LogP contribution in [0.15, 0.2) is 21.3 Å². The zero-order valence-electron chi connectivity index (χ0n) is 15.0. The van der Waals surface area contributed by atoms with Crippen LogP contribution in [0.3, 0.4) is 0 Å². The second-order valence-corrected chi connectivity index (χ2v) is 6.83. The van der Waals surface area contributed by atoms with Crippen LogP contribution in [0.1, 0.15) is 16.7 Å². The van der Waals surface area contributed by atoms with Gasteiger partial charge in [-0.25, -0.2) is 9.59 Å². The van der Waals surface area contributed by atoms with Crippen molar-refractivity contribution >= 4 is 34.6 Å². The van der Waals surface area contributed by atoms with Crippen LogP contribution >= 0.6 is 11.8 Å². The number of fused-ring (bicyclic) bond motifs is 1. The Bertz CT molecular complexity index is 905. The van der Waals surface area contributed by atoms with Gasteiger partial charge in [0.05, 0.1) is 24.5 Å². The van der Waals surface area contributed by atoms with E-state index in [9.17, 15) is 14.4 Å². The number of benzene rings is 1. The Morgan fingerprint density at radius 2 is 2.04 bits per heavy atom. The van der Waals surface area contributed by atoms with Gasteiger partial charge in [0.25, 0.3) is 0 Å². The Hall–Kier alpha value is -2.48. The highest BCUT2D eigenvalue weighted by Gasteiger charge is 2.22. The Kier molecular flexibility index (Phi) is 6.31. The first-order valence-corrected chi connectivity index (χ1v) is 9.29. The van der Waals surface area contributed by atoms with E-state index in [4.69, 9.17) is 14.3 Å². The summed E-state index contributed by atoms with van der Waals surface area (Å²) in [6.45, 7) is 3.58. The van der Waals surface area contributed by atoms with Gasteiger partial charge in [0.1, 0.15) is 17.4 Å². The Morgan fingerprint density at radius 3 is 2.62 bits per heavy atom. The highest BCUT2D eigenvalue weighted by molar-refractivity contribution is 7.98. The van der Waals surface area contributed by atoms with Crippen LogP contribution in [-0.4, -0.2) is 42.1 Å². The third-order valence-electron chi connectivity index (χ3n) is 4.01. The van der Waals surface area contributed by atoms with Crippen molar-refractivity contribution in [3.05, 3.63) is 39.2 Å². The van der Waals surface area contributed by atoms with Crippen molar-refractivity contribution in [2.45, 2.75) is 26.3 Å². The maximum absolute atomic E-state index is 12.3. The number of amides is 1. The van der Waals surface area contributed by atoms with E-state index in [1.54, 1.807) is 19.2 Å². The lowest BCUT2D eigenvalue weighted by atomic mass is 10.0. The number of hydrogen-bond donors (Lipinski definition) is 2. The molecule has 0 bridgehead atoms. The molecular formula is C18H21NO6S. The smallest absolute Gasteiger partial charge is 0.340 e. The zero-order valence-corrected chi connectivity index (χ0v) is 15.9. The van der Waals surface area contributed by atoms with E-state index in [2.05, 4.69) is 5.32 Å². The number of hydrogen-bond acceptors (Lipinski definition) is 6. The molecule has 140 valence electrons. The van der Waals surface area contributed by atoms with Crippen LogP contribution in [0, 0.1) is 13.8 Å². The van der Waals surface area contributed by atoms with Crippen LogP contribution in [0.2, 0.25) is 0 Å². The molecule has 0 radical (unpaired) electrons. The van der Waals surface area contributed by atoms with Gasteiger partial charge in [-0.1, -0.05) is 0 Å². The quantitative estimate of drug-likeness (QED) is 0.708. The number of aliphatic carboxylic acids is 1. The number of carboxylic acids is 1. The minimum Gasteiger partial charge on any atom is -0.496 e. The van der Waals surface area contributed by atoms with Crippen LogP contribution < -0.4 is 15.7 Å². The van der Waals surface area contributed by atoms with Crippen LogP contribution in [0.4, 0.5) is 0 Å². The number of carbonyl (C=O) groups is 2. The van der Waals surface area contributed by atoms with Crippen molar-refractivity contribution in [1.29, 1.82) is 0 Å². The summed E-state index contributed by atoms with van der Waals surface area (Å²) in [4.78, 5) is 35.8. The number of thioether (sulfide) groups is 1. The van der Waals surface area contributed by atoms with E-state index in [1.807, 2.05) is 13.0 Å². The molecule has 1 aromatic carbocycles. The van der Waals surface area contributed by atoms with Gasteiger partial charge < -0.3 is 19.6 Å². The molecule has 0 saturated carbocycles. The molecule has 0 fully saturated rings. The summed E-state index contributed by atoms with van der Waals surface area (Å²) in [5.41, 5.74) is 1.42. The molecule has 1 amide bonds. The van der Waals surface area contributed by atoms with Crippen molar-refractivity contribution in [2.24, 2.45) is 0 Å². The number of nitrogens with one attached hydrogen (secondary N) is 1. The van der Waals surface area contributed by atoms with Crippen molar-refractivity contribution in [3.8, 4) is 5.75 Å². The molecule has 1 aromatic heterocycles. The second kappa shape index (κ2) is 8.27. The molecule has 8 heteroatoms. The lowest BCUT2D eigenvalue weighted by Crippen LogP contribution is -2.43. The van der Waals surface area contributed by atoms with Gasteiger partial charge in [-0.2, -0.15) is 11.8 Å². The third kappa shape index (κ3) is 4.19. The summed E-state index contributed by atoms with van der Waals surface area (Å²) in [5, 5.41) is 12.2. The van der Waals surface area contributed by atoms with Gasteiger partial charge in [0.15, 0.2) is 0 Å². The SMILES string of the molecule is COc1cc(C)cc2oc(=O)c(CC(=O)NC(CSC)C(=O)O)c(C)c12. The summed E-state index contributed by atoms with van der Waals surface area (Å²) in [5.74, 6) is -0.882. The van der Waals surface area contributed by atoms with Crippen LogP contribution in [0.5, 0.6) is 5.75 Å². The molecule has 0 spiro atoms. The average molecular weight is 379 g/mol. The monoisotopic (exact) mass is 379 g/mol. The van der Waals surface area contributed by atoms with Gasteiger partial charge in [-0.15, -0.1) is 0 Å². The summed E-state index contributed by atoms with van der Waals surface area (Å²) < 4.78 is 10.7. The summed E-state index contributed by atoms with van der Waals surface area (Å²) in [6.07, 6.45) is 1.48. The number of aryl methyl sites for hydroxylation is 2. The molecule has 1 atom stereocenters. The van der Waals surface area contributed by atoms with Crippen molar-refractivity contribution in [2.75, 3.05) is 19.1 Å². The number of ether oxygens (including phenoxy) is 1. The molecule has 2 aromatic rings. The number of carboxylic acid groups (broad SMARTS) is 1. The minimum atomic E-state index is -1.12. The first-order chi connectivity index (χ1) is 12.3.